The SMILES string of the molecule is C[C@@H]1C[C@H](C)CN(S(=O)(=O)c2cccc(C(=O)Nc3cccc(C#N)c3)c2)C1. The van der Waals surface area contributed by atoms with Gasteiger partial charge in [0.15, 0.2) is 0 Å². The van der Waals surface area contributed by atoms with Crippen LogP contribution in [0.5, 0.6) is 0 Å². The van der Waals surface area contributed by atoms with Crippen molar-refractivity contribution < 1.29 is 13.2 Å². The van der Waals surface area contributed by atoms with Gasteiger partial charge in [0.25, 0.3) is 5.91 Å². The molecule has 7 heteroatoms. The van der Waals surface area contributed by atoms with Crippen molar-refractivity contribution in [2.45, 2.75) is 25.2 Å². The highest BCUT2D eigenvalue weighted by Crippen LogP contribution is 2.27. The van der Waals surface area contributed by atoms with Crippen LogP contribution in [0.15, 0.2) is 53.4 Å². The van der Waals surface area contributed by atoms with Gasteiger partial charge in [0.2, 0.25) is 10.0 Å². The molecule has 2 aromatic carbocycles. The number of amides is 1. The summed E-state index contributed by atoms with van der Waals surface area (Å²) in [6.07, 6.45) is 1.01. The first-order valence-electron chi connectivity index (χ1n) is 9.21. The van der Waals surface area contributed by atoms with Crippen LogP contribution in [0.25, 0.3) is 0 Å². The second-order valence-corrected chi connectivity index (χ2v) is 9.38. The lowest BCUT2D eigenvalue weighted by Crippen LogP contribution is -2.42. The van der Waals surface area contributed by atoms with E-state index < -0.39 is 15.9 Å². The lowest BCUT2D eigenvalue weighted by molar-refractivity contribution is 0.102. The lowest BCUT2D eigenvalue weighted by Gasteiger charge is -2.34. The molecule has 6 nitrogen and oxygen atoms in total. The molecule has 0 aliphatic carbocycles. The molecule has 146 valence electrons. The van der Waals surface area contributed by atoms with E-state index in [2.05, 4.69) is 19.2 Å². The molecular weight excluding hydrogens is 374 g/mol. The van der Waals surface area contributed by atoms with E-state index in [9.17, 15) is 13.2 Å². The van der Waals surface area contributed by atoms with E-state index in [-0.39, 0.29) is 10.5 Å². The Morgan fingerprint density at radius 3 is 2.46 bits per heavy atom. The quantitative estimate of drug-likeness (QED) is 0.855. The average molecular weight is 398 g/mol. The fourth-order valence-corrected chi connectivity index (χ4v) is 5.34. The summed E-state index contributed by atoms with van der Waals surface area (Å²) in [6, 6.07) is 14.6. The maximum Gasteiger partial charge on any atom is 0.255 e. The number of hydrogen-bond acceptors (Lipinski definition) is 4. The molecule has 0 bridgehead atoms. The summed E-state index contributed by atoms with van der Waals surface area (Å²) in [5, 5.41) is 11.7. The second kappa shape index (κ2) is 8.13. The summed E-state index contributed by atoms with van der Waals surface area (Å²) in [6.45, 7) is 5.09. The van der Waals surface area contributed by atoms with Crippen molar-refractivity contribution in [3.05, 3.63) is 59.7 Å². The second-order valence-electron chi connectivity index (χ2n) is 7.44. The Hall–Kier alpha value is -2.69. The van der Waals surface area contributed by atoms with Gasteiger partial charge in [-0.15, -0.1) is 0 Å². The van der Waals surface area contributed by atoms with E-state index in [0.29, 0.717) is 36.2 Å². The Labute approximate surface area is 165 Å². The fraction of sp³-hybridized carbons (Fsp3) is 0.333. The lowest BCUT2D eigenvalue weighted by atomic mass is 9.94. The first kappa shape index (κ1) is 20.1. The van der Waals surface area contributed by atoms with E-state index in [1.807, 2.05) is 6.07 Å². The van der Waals surface area contributed by atoms with Crippen LogP contribution >= 0.6 is 0 Å². The van der Waals surface area contributed by atoms with Crippen molar-refractivity contribution in [2.75, 3.05) is 18.4 Å². The summed E-state index contributed by atoms with van der Waals surface area (Å²) in [7, 11) is -3.66. The highest BCUT2D eigenvalue weighted by Gasteiger charge is 2.31. The Morgan fingerprint density at radius 1 is 1.11 bits per heavy atom. The number of carbonyl (C=O) groups is 1. The topological polar surface area (TPSA) is 90.3 Å². The summed E-state index contributed by atoms with van der Waals surface area (Å²) in [4.78, 5) is 12.7. The highest BCUT2D eigenvalue weighted by atomic mass is 32.2. The Morgan fingerprint density at radius 2 is 1.79 bits per heavy atom. The summed E-state index contributed by atoms with van der Waals surface area (Å²) >= 11 is 0. The van der Waals surface area contributed by atoms with Crippen LogP contribution in [0.2, 0.25) is 0 Å². The minimum atomic E-state index is -3.66. The molecule has 1 heterocycles. The maximum atomic E-state index is 13.1. The van der Waals surface area contributed by atoms with Crippen molar-refractivity contribution in [2.24, 2.45) is 11.8 Å². The van der Waals surface area contributed by atoms with Crippen LogP contribution in [0, 0.1) is 23.2 Å². The number of rotatable bonds is 4. The number of sulfonamides is 1. The number of nitrogens with zero attached hydrogens (tertiary/aromatic N) is 2. The van der Waals surface area contributed by atoms with Crippen LogP contribution in [0.4, 0.5) is 5.69 Å². The number of hydrogen-bond donors (Lipinski definition) is 1. The largest absolute Gasteiger partial charge is 0.322 e. The molecule has 0 radical (unpaired) electrons. The molecular formula is C21H23N3O3S. The summed E-state index contributed by atoms with van der Waals surface area (Å²) < 4.78 is 27.6. The van der Waals surface area contributed by atoms with Crippen molar-refractivity contribution in [1.82, 2.24) is 4.31 Å². The monoisotopic (exact) mass is 397 g/mol. The smallest absolute Gasteiger partial charge is 0.255 e. The standard InChI is InChI=1S/C21H23N3O3S/c1-15-9-16(2)14-24(13-15)28(26,27)20-8-4-6-18(11-20)21(25)23-19-7-3-5-17(10-19)12-22/h3-8,10-11,15-16H,9,13-14H2,1-2H3,(H,23,25)/t15-,16+. The van der Waals surface area contributed by atoms with Gasteiger partial charge in [-0.3, -0.25) is 4.79 Å². The molecule has 2 aromatic rings. The molecule has 1 aliphatic heterocycles. The van der Waals surface area contributed by atoms with E-state index in [1.165, 1.54) is 16.4 Å². The van der Waals surface area contributed by atoms with Crippen LogP contribution in [-0.4, -0.2) is 31.7 Å². The molecule has 1 fully saturated rings. The van der Waals surface area contributed by atoms with Gasteiger partial charge in [0.1, 0.15) is 0 Å². The van der Waals surface area contributed by atoms with E-state index in [1.54, 1.807) is 36.4 Å². The van der Waals surface area contributed by atoms with Crippen LogP contribution < -0.4 is 5.32 Å². The third-order valence-electron chi connectivity index (χ3n) is 4.82. The first-order valence-corrected chi connectivity index (χ1v) is 10.7. The van der Waals surface area contributed by atoms with Gasteiger partial charge in [-0.05, 0) is 54.7 Å². The average Bonchev–Trinajstić information content (AvgIpc) is 2.67. The first-order chi connectivity index (χ1) is 13.3. The van der Waals surface area contributed by atoms with Crippen molar-refractivity contribution in [3.63, 3.8) is 0 Å². The number of benzene rings is 2. The number of nitrogens with one attached hydrogen (secondary N) is 1. The summed E-state index contributed by atoms with van der Waals surface area (Å²) in [5.41, 5.74) is 1.17. The molecule has 0 saturated carbocycles. The Kier molecular flexibility index (Phi) is 5.82. The highest BCUT2D eigenvalue weighted by molar-refractivity contribution is 7.89. The Balaban J connectivity index is 1.83. The number of piperidine rings is 1. The van der Waals surface area contributed by atoms with Gasteiger partial charge in [-0.1, -0.05) is 26.0 Å². The van der Waals surface area contributed by atoms with Crippen molar-refractivity contribution >= 4 is 21.6 Å². The zero-order valence-electron chi connectivity index (χ0n) is 15.9. The minimum absolute atomic E-state index is 0.118. The molecule has 28 heavy (non-hydrogen) atoms. The van der Waals surface area contributed by atoms with Crippen LogP contribution in [0.3, 0.4) is 0 Å². The normalized spacial score (nSPS) is 20.3. The molecule has 0 aromatic heterocycles. The van der Waals surface area contributed by atoms with Crippen molar-refractivity contribution in [1.29, 1.82) is 5.26 Å². The van der Waals surface area contributed by atoms with Gasteiger partial charge < -0.3 is 5.32 Å². The van der Waals surface area contributed by atoms with Gasteiger partial charge in [-0.2, -0.15) is 9.57 Å². The predicted molar refractivity (Wildman–Crippen MR) is 107 cm³/mol. The van der Waals surface area contributed by atoms with Crippen molar-refractivity contribution in [3.8, 4) is 6.07 Å². The molecule has 1 aliphatic rings. The third-order valence-corrected chi connectivity index (χ3v) is 6.65. The maximum absolute atomic E-state index is 13.1. The number of anilines is 1. The van der Waals surface area contributed by atoms with Gasteiger partial charge in [0.05, 0.1) is 16.5 Å². The number of carbonyl (C=O) groups excluding carboxylic acids is 1. The van der Waals surface area contributed by atoms with E-state index in [4.69, 9.17) is 5.26 Å². The molecule has 2 atom stereocenters. The van der Waals surface area contributed by atoms with Gasteiger partial charge in [0, 0.05) is 24.3 Å². The molecule has 1 N–H and O–H groups in total. The van der Waals surface area contributed by atoms with Crippen LogP contribution in [-0.2, 0) is 10.0 Å². The Bertz CT molecular complexity index is 1020. The van der Waals surface area contributed by atoms with Gasteiger partial charge >= 0.3 is 0 Å². The third kappa shape index (κ3) is 4.41. The molecule has 1 saturated heterocycles. The van der Waals surface area contributed by atoms with Gasteiger partial charge in [-0.25, -0.2) is 8.42 Å². The molecule has 0 spiro atoms. The zero-order chi connectivity index (χ0) is 20.3. The molecule has 3 rings (SSSR count). The molecule has 1 amide bonds. The van der Waals surface area contributed by atoms with Crippen LogP contribution in [0.1, 0.15) is 36.2 Å². The summed E-state index contributed by atoms with van der Waals surface area (Å²) in [5.74, 6) is 0.183. The minimum Gasteiger partial charge on any atom is -0.322 e. The van der Waals surface area contributed by atoms with E-state index in [0.717, 1.165) is 6.42 Å². The fourth-order valence-electron chi connectivity index (χ4n) is 3.62. The zero-order valence-corrected chi connectivity index (χ0v) is 16.7. The predicted octanol–water partition coefficient (Wildman–Crippen LogP) is 3.48. The van der Waals surface area contributed by atoms with E-state index >= 15 is 0 Å². The number of nitriles is 1. The molecule has 0 unspecified atom stereocenters.